The smallest absolute Gasteiger partial charge is 0.351 e. The number of phosphoric ester groups is 2. The summed E-state index contributed by atoms with van der Waals surface area (Å²) in [5, 5.41) is 20.5. The first-order valence-electron chi connectivity index (χ1n) is 17.5. The van der Waals surface area contributed by atoms with Crippen LogP contribution in [0.1, 0.15) is 116 Å². The van der Waals surface area contributed by atoms with Gasteiger partial charge in [-0.15, -0.1) is 0 Å². The summed E-state index contributed by atoms with van der Waals surface area (Å²) in [7, 11) is -9.50. The van der Waals surface area contributed by atoms with Crippen LogP contribution < -0.4 is 21.2 Å². The van der Waals surface area contributed by atoms with E-state index < -0.39 is 65.2 Å². The number of aliphatic hydroxyl groups is 2. The highest BCUT2D eigenvalue weighted by atomic mass is 32.2. The number of unbranched alkanes of at least 4 members (excludes halogenated alkanes) is 15. The molecule has 1 aliphatic heterocycles. The van der Waals surface area contributed by atoms with E-state index in [0.29, 0.717) is 5.75 Å². The van der Waals surface area contributed by atoms with Gasteiger partial charge in [-0.2, -0.15) is 16.7 Å². The standard InChI is InChI=1S/C31H59N3O12P2S/c1-3-4-5-6-7-8-9-10-11-12-13-14-15-16-17-18-21-49-24-25(42-2)22-43-47(38,39)46-48(40,41)44-23-26-28(35)29(36)30(45-26)34-20-19-27(32)33-31(34)37/h19-20,25-26,28-30,35-36H,3-18,21-24H2,1-2H3,(H,38,39)(H,40,41)(H2,32,33,37)/p-2. The maximum absolute atomic E-state index is 12.2. The van der Waals surface area contributed by atoms with Gasteiger partial charge in [0.1, 0.15) is 24.1 Å². The highest BCUT2D eigenvalue weighted by molar-refractivity contribution is 7.99. The summed E-state index contributed by atoms with van der Waals surface area (Å²) in [6.45, 7) is 0.858. The molecule has 1 fully saturated rings. The molecular weight excluding hydrogens is 700 g/mol. The first kappa shape index (κ1) is 44.3. The van der Waals surface area contributed by atoms with Crippen molar-refractivity contribution in [3.05, 3.63) is 22.7 Å². The Bertz CT molecular complexity index is 1200. The summed E-state index contributed by atoms with van der Waals surface area (Å²) in [6.07, 6.45) is 15.1. The van der Waals surface area contributed by atoms with Crippen LogP contribution in [0, 0.1) is 0 Å². The molecule has 0 aromatic carbocycles. The van der Waals surface area contributed by atoms with Crippen LogP contribution in [0.15, 0.2) is 17.1 Å². The quantitative estimate of drug-likeness (QED) is 0.0758. The summed E-state index contributed by atoms with van der Waals surface area (Å²) >= 11 is 1.59. The highest BCUT2D eigenvalue weighted by Crippen LogP contribution is 2.55. The van der Waals surface area contributed by atoms with Crippen molar-refractivity contribution < 1.29 is 52.0 Å². The number of methoxy groups -OCH3 is 1. The predicted molar refractivity (Wildman–Crippen MR) is 185 cm³/mol. The first-order chi connectivity index (χ1) is 23.4. The third-order valence-corrected chi connectivity index (χ3v) is 12.0. The van der Waals surface area contributed by atoms with Crippen molar-refractivity contribution in [2.24, 2.45) is 0 Å². The van der Waals surface area contributed by atoms with Crippen molar-refractivity contribution in [1.29, 1.82) is 0 Å². The first-order valence-corrected chi connectivity index (χ1v) is 21.6. The number of thioether (sulfide) groups is 1. The Hall–Kier alpha value is -0.870. The number of phosphoric acid groups is 2. The second kappa shape index (κ2) is 24.4. The summed E-state index contributed by atoms with van der Waals surface area (Å²) in [5.74, 6) is 1.24. The van der Waals surface area contributed by atoms with E-state index in [2.05, 4.69) is 20.7 Å². The number of ether oxygens (including phenoxy) is 2. The second-order valence-corrected chi connectivity index (χ2v) is 16.5. The molecule has 1 aromatic heterocycles. The van der Waals surface area contributed by atoms with Crippen LogP contribution in [0.3, 0.4) is 0 Å². The van der Waals surface area contributed by atoms with E-state index in [0.717, 1.165) is 23.2 Å². The fourth-order valence-electron chi connectivity index (χ4n) is 5.38. The van der Waals surface area contributed by atoms with E-state index in [-0.39, 0.29) is 5.82 Å². The number of hydrogen-bond donors (Lipinski definition) is 3. The van der Waals surface area contributed by atoms with E-state index in [1.807, 2.05) is 0 Å². The summed E-state index contributed by atoms with van der Waals surface area (Å²) in [4.78, 5) is 40.0. The number of hydrogen-bond acceptors (Lipinski definition) is 15. The molecule has 0 radical (unpaired) electrons. The zero-order chi connectivity index (χ0) is 36.1. The van der Waals surface area contributed by atoms with Gasteiger partial charge < -0.3 is 44.3 Å². The average molecular weight is 758 g/mol. The molecule has 286 valence electrons. The molecule has 15 nitrogen and oxygen atoms in total. The number of anilines is 1. The summed E-state index contributed by atoms with van der Waals surface area (Å²) in [5.41, 5.74) is 4.56. The van der Waals surface area contributed by atoms with Gasteiger partial charge in [-0.25, -0.2) is 9.11 Å². The number of nitrogens with two attached hydrogens (primary N) is 1. The summed E-state index contributed by atoms with van der Waals surface area (Å²) < 4.78 is 49.4. The lowest BCUT2D eigenvalue weighted by atomic mass is 10.0. The van der Waals surface area contributed by atoms with Crippen LogP contribution in [0.2, 0.25) is 0 Å². The number of nitrogens with zero attached hydrogens (tertiary/aromatic N) is 2. The number of nitrogen functional groups attached to an aromatic ring is 1. The molecule has 1 saturated heterocycles. The Morgan fingerprint density at radius 2 is 1.45 bits per heavy atom. The van der Waals surface area contributed by atoms with Crippen LogP contribution in [-0.4, -0.2) is 76.0 Å². The topological polar surface area (TPSA) is 228 Å². The second-order valence-electron chi connectivity index (χ2n) is 12.4. The van der Waals surface area contributed by atoms with Gasteiger partial charge in [0, 0.05) is 19.1 Å². The average Bonchev–Trinajstić information content (AvgIpc) is 3.32. The zero-order valence-electron chi connectivity index (χ0n) is 28.9. The van der Waals surface area contributed by atoms with Crippen molar-refractivity contribution in [2.45, 2.75) is 140 Å². The molecule has 0 aliphatic carbocycles. The third kappa shape index (κ3) is 18.4. The molecule has 18 heteroatoms. The Labute approximate surface area is 294 Å². The predicted octanol–water partition coefficient (Wildman–Crippen LogP) is 4.44. The van der Waals surface area contributed by atoms with Gasteiger partial charge in [-0.3, -0.25) is 13.7 Å². The molecule has 2 rings (SSSR count). The minimum Gasteiger partial charge on any atom is -0.756 e. The van der Waals surface area contributed by atoms with Gasteiger partial charge in [-0.05, 0) is 18.2 Å². The van der Waals surface area contributed by atoms with Gasteiger partial charge in [0.05, 0.1) is 19.3 Å². The number of aliphatic hydroxyl groups excluding tert-OH is 2. The van der Waals surface area contributed by atoms with Crippen LogP contribution >= 0.6 is 27.4 Å². The van der Waals surface area contributed by atoms with Gasteiger partial charge in [-0.1, -0.05) is 103 Å². The van der Waals surface area contributed by atoms with Crippen LogP contribution in [0.4, 0.5) is 5.82 Å². The fourth-order valence-corrected chi connectivity index (χ4v) is 8.48. The lowest BCUT2D eigenvalue weighted by Gasteiger charge is -2.32. The largest absolute Gasteiger partial charge is 0.756 e. The molecule has 7 unspecified atom stereocenters. The van der Waals surface area contributed by atoms with E-state index in [9.17, 15) is 33.9 Å². The van der Waals surface area contributed by atoms with Crippen molar-refractivity contribution in [3.63, 3.8) is 0 Å². The molecule has 49 heavy (non-hydrogen) atoms. The van der Waals surface area contributed by atoms with E-state index in [4.69, 9.17) is 19.7 Å². The lowest BCUT2D eigenvalue weighted by Crippen LogP contribution is -2.36. The fraction of sp³-hybridized carbons (Fsp3) is 0.871. The van der Waals surface area contributed by atoms with Crippen molar-refractivity contribution in [1.82, 2.24) is 9.55 Å². The van der Waals surface area contributed by atoms with Gasteiger partial charge in [0.25, 0.3) is 15.6 Å². The van der Waals surface area contributed by atoms with Crippen molar-refractivity contribution in [3.8, 4) is 0 Å². The monoisotopic (exact) mass is 757 g/mol. The molecule has 1 aromatic rings. The highest BCUT2D eigenvalue weighted by Gasteiger charge is 2.44. The maximum atomic E-state index is 12.2. The van der Waals surface area contributed by atoms with Gasteiger partial charge in [0.15, 0.2) is 6.23 Å². The number of rotatable bonds is 29. The molecule has 0 bridgehead atoms. The molecule has 0 spiro atoms. The minimum absolute atomic E-state index is 0.0796. The van der Waals surface area contributed by atoms with Crippen LogP contribution in [0.5, 0.6) is 0 Å². The maximum Gasteiger partial charge on any atom is 0.351 e. The lowest BCUT2D eigenvalue weighted by molar-refractivity contribution is -0.246. The van der Waals surface area contributed by atoms with Gasteiger partial charge >= 0.3 is 5.69 Å². The molecule has 1 aliphatic rings. The van der Waals surface area contributed by atoms with Gasteiger partial charge in [0.2, 0.25) is 0 Å². The third-order valence-electron chi connectivity index (χ3n) is 8.26. The van der Waals surface area contributed by atoms with E-state index in [1.54, 1.807) is 11.8 Å². The normalized spacial score (nSPS) is 22.6. The Morgan fingerprint density at radius 3 is 1.98 bits per heavy atom. The molecule has 4 N–H and O–H groups in total. The van der Waals surface area contributed by atoms with E-state index >= 15 is 0 Å². The molecule has 2 heterocycles. The zero-order valence-corrected chi connectivity index (χ0v) is 31.5. The Balaban J connectivity index is 1.54. The van der Waals surface area contributed by atoms with Crippen LogP contribution in [-0.2, 0) is 32.0 Å². The van der Waals surface area contributed by atoms with E-state index in [1.165, 1.54) is 109 Å². The van der Waals surface area contributed by atoms with Crippen molar-refractivity contribution >= 4 is 33.2 Å². The SMILES string of the molecule is CCCCCCCCCCCCCCCCCCSCC(COP(=O)([O-])OP(=O)([O-])OCC1OC(n2ccc(N)nc2=O)C(O)C1O)OC. The Kier molecular flexibility index (Phi) is 22.0. The Morgan fingerprint density at radius 1 is 0.918 bits per heavy atom. The van der Waals surface area contributed by atoms with Crippen LogP contribution in [0.25, 0.3) is 0 Å². The molecule has 0 amide bonds. The molecule has 0 saturated carbocycles. The minimum atomic E-state index is -5.51. The molecule has 7 atom stereocenters. The summed E-state index contributed by atoms with van der Waals surface area (Å²) in [6, 6.07) is 1.26. The number of aromatic nitrogens is 2. The van der Waals surface area contributed by atoms with Crippen molar-refractivity contribution in [2.75, 3.05) is 37.6 Å². The molecular formula is C31H57N3O12P2S-2.